The summed E-state index contributed by atoms with van der Waals surface area (Å²) >= 11 is 0. The molecule has 16 heavy (non-hydrogen) atoms. The fraction of sp³-hybridized carbons (Fsp3) is 0.400. The third-order valence-electron chi connectivity index (χ3n) is 2.55. The molecular formula is C10H10N4O2. The van der Waals surface area contributed by atoms with Crippen molar-refractivity contribution in [2.24, 2.45) is 5.92 Å². The average molecular weight is 218 g/mol. The molecule has 6 heteroatoms. The van der Waals surface area contributed by atoms with E-state index in [1.54, 1.807) is 0 Å². The molecule has 0 spiro atoms. The average Bonchev–Trinajstić information content (AvgIpc) is 2.77. The van der Waals surface area contributed by atoms with Gasteiger partial charge in [0.05, 0.1) is 24.4 Å². The molecule has 0 aliphatic carbocycles. The maximum atomic E-state index is 10.6. The standard InChI is InChI=1S/C10H10N4O2/c11-3-7-1-2-14(6-7)9-5-12-8(4-13-9)10(15)16/h4-5,7H,1-2,6H2,(H,15,16). The minimum absolute atomic E-state index is 0.0287. The van der Waals surface area contributed by atoms with Gasteiger partial charge in [0.15, 0.2) is 5.69 Å². The number of nitrogens with zero attached hydrogens (tertiary/aromatic N) is 4. The highest BCUT2D eigenvalue weighted by Crippen LogP contribution is 2.20. The topological polar surface area (TPSA) is 90.1 Å². The summed E-state index contributed by atoms with van der Waals surface area (Å²) in [4.78, 5) is 20.3. The number of carbonyl (C=O) groups is 1. The van der Waals surface area contributed by atoms with Gasteiger partial charge >= 0.3 is 5.97 Å². The van der Waals surface area contributed by atoms with Crippen molar-refractivity contribution in [2.75, 3.05) is 18.0 Å². The largest absolute Gasteiger partial charge is 0.476 e. The summed E-state index contributed by atoms with van der Waals surface area (Å²) < 4.78 is 0. The number of carboxylic acids is 1. The Morgan fingerprint density at radius 2 is 2.38 bits per heavy atom. The molecule has 2 rings (SSSR count). The van der Waals surface area contributed by atoms with E-state index < -0.39 is 5.97 Å². The van der Waals surface area contributed by atoms with Crippen LogP contribution < -0.4 is 4.90 Å². The summed E-state index contributed by atoms with van der Waals surface area (Å²) in [6.45, 7) is 1.40. The van der Waals surface area contributed by atoms with Gasteiger partial charge in [-0.05, 0) is 6.42 Å². The first-order valence-electron chi connectivity index (χ1n) is 4.90. The second-order valence-electron chi connectivity index (χ2n) is 3.63. The van der Waals surface area contributed by atoms with Crippen LogP contribution in [0, 0.1) is 17.2 Å². The number of rotatable bonds is 2. The fourth-order valence-corrected chi connectivity index (χ4v) is 1.67. The number of carboxylic acid groups (broad SMARTS) is 1. The monoisotopic (exact) mass is 218 g/mol. The molecule has 82 valence electrons. The van der Waals surface area contributed by atoms with Crippen molar-refractivity contribution in [3.05, 3.63) is 18.1 Å². The van der Waals surface area contributed by atoms with Crippen molar-refractivity contribution in [1.82, 2.24) is 9.97 Å². The smallest absolute Gasteiger partial charge is 0.356 e. The SMILES string of the molecule is N#CC1CCN(c2cnc(C(=O)O)cn2)C1. The summed E-state index contributed by atoms with van der Waals surface area (Å²) in [5.74, 6) is -0.431. The number of anilines is 1. The summed E-state index contributed by atoms with van der Waals surface area (Å²) in [5, 5.41) is 17.4. The maximum Gasteiger partial charge on any atom is 0.356 e. The Hall–Kier alpha value is -2.16. The van der Waals surface area contributed by atoms with E-state index in [1.807, 2.05) is 4.90 Å². The van der Waals surface area contributed by atoms with Crippen LogP contribution >= 0.6 is 0 Å². The van der Waals surface area contributed by atoms with Gasteiger partial charge < -0.3 is 10.0 Å². The number of aromatic carboxylic acids is 1. The highest BCUT2D eigenvalue weighted by Gasteiger charge is 2.23. The van der Waals surface area contributed by atoms with E-state index >= 15 is 0 Å². The van der Waals surface area contributed by atoms with Gasteiger partial charge in [0.1, 0.15) is 5.82 Å². The van der Waals surface area contributed by atoms with E-state index in [9.17, 15) is 4.79 Å². The zero-order chi connectivity index (χ0) is 11.5. The molecular weight excluding hydrogens is 208 g/mol. The lowest BCUT2D eigenvalue weighted by Crippen LogP contribution is -2.21. The van der Waals surface area contributed by atoms with Crippen molar-refractivity contribution < 1.29 is 9.90 Å². The normalized spacial score (nSPS) is 19.4. The van der Waals surface area contributed by atoms with E-state index in [1.165, 1.54) is 12.4 Å². The Morgan fingerprint density at radius 1 is 1.56 bits per heavy atom. The van der Waals surface area contributed by atoms with Gasteiger partial charge in [-0.25, -0.2) is 14.8 Å². The van der Waals surface area contributed by atoms with Gasteiger partial charge in [-0.1, -0.05) is 0 Å². The third-order valence-corrected chi connectivity index (χ3v) is 2.55. The van der Waals surface area contributed by atoms with Crippen molar-refractivity contribution in [2.45, 2.75) is 6.42 Å². The second kappa shape index (κ2) is 4.14. The van der Waals surface area contributed by atoms with Crippen LogP contribution in [0.25, 0.3) is 0 Å². The highest BCUT2D eigenvalue weighted by atomic mass is 16.4. The first-order valence-corrected chi connectivity index (χ1v) is 4.90. The van der Waals surface area contributed by atoms with E-state index in [4.69, 9.17) is 10.4 Å². The van der Waals surface area contributed by atoms with Crippen LogP contribution in [0.4, 0.5) is 5.82 Å². The molecule has 1 N–H and O–H groups in total. The molecule has 1 aromatic rings. The molecule has 1 saturated heterocycles. The summed E-state index contributed by atoms with van der Waals surface area (Å²) in [5.41, 5.74) is -0.0696. The first kappa shape index (κ1) is 10.4. The molecule has 6 nitrogen and oxygen atoms in total. The molecule has 1 unspecified atom stereocenters. The Kier molecular flexibility index (Phi) is 2.68. The van der Waals surface area contributed by atoms with Gasteiger partial charge in [-0.2, -0.15) is 5.26 Å². The minimum atomic E-state index is -1.09. The number of hydrogen-bond donors (Lipinski definition) is 1. The molecule has 1 aliphatic rings. The molecule has 2 heterocycles. The van der Waals surface area contributed by atoms with E-state index in [2.05, 4.69) is 16.0 Å². The lowest BCUT2D eigenvalue weighted by molar-refractivity contribution is 0.0690. The van der Waals surface area contributed by atoms with E-state index in [0.29, 0.717) is 12.4 Å². The second-order valence-corrected chi connectivity index (χ2v) is 3.63. The molecule has 0 radical (unpaired) electrons. The molecule has 1 aliphatic heterocycles. The van der Waals surface area contributed by atoms with Crippen LogP contribution in [0.2, 0.25) is 0 Å². The fourth-order valence-electron chi connectivity index (χ4n) is 1.67. The van der Waals surface area contributed by atoms with Gasteiger partial charge in [0, 0.05) is 13.1 Å². The predicted molar refractivity (Wildman–Crippen MR) is 54.9 cm³/mol. The molecule has 0 bridgehead atoms. The van der Waals surface area contributed by atoms with Crippen LogP contribution in [0.3, 0.4) is 0 Å². The lowest BCUT2D eigenvalue weighted by Gasteiger charge is -2.15. The third kappa shape index (κ3) is 1.93. The van der Waals surface area contributed by atoms with Crippen LogP contribution in [-0.2, 0) is 0 Å². The van der Waals surface area contributed by atoms with Crippen molar-refractivity contribution in [3.8, 4) is 6.07 Å². The number of aromatic nitrogens is 2. The maximum absolute atomic E-state index is 10.6. The van der Waals surface area contributed by atoms with Crippen LogP contribution in [0.15, 0.2) is 12.4 Å². The van der Waals surface area contributed by atoms with Crippen molar-refractivity contribution >= 4 is 11.8 Å². The molecule has 1 aromatic heterocycles. The molecule has 0 aromatic carbocycles. The van der Waals surface area contributed by atoms with Crippen LogP contribution in [-0.4, -0.2) is 34.1 Å². The summed E-state index contributed by atoms with van der Waals surface area (Å²) in [7, 11) is 0. The van der Waals surface area contributed by atoms with Gasteiger partial charge in [-0.15, -0.1) is 0 Å². The predicted octanol–water partition coefficient (Wildman–Crippen LogP) is 0.525. The van der Waals surface area contributed by atoms with Crippen LogP contribution in [0.1, 0.15) is 16.9 Å². The van der Waals surface area contributed by atoms with Crippen molar-refractivity contribution in [3.63, 3.8) is 0 Å². The Labute approximate surface area is 92.2 Å². The van der Waals surface area contributed by atoms with Crippen LogP contribution in [0.5, 0.6) is 0 Å². The highest BCUT2D eigenvalue weighted by molar-refractivity contribution is 5.84. The zero-order valence-electron chi connectivity index (χ0n) is 8.50. The summed E-state index contributed by atoms with van der Waals surface area (Å²) in [6, 6.07) is 2.21. The molecule has 0 amide bonds. The van der Waals surface area contributed by atoms with Gasteiger partial charge in [0.25, 0.3) is 0 Å². The quantitative estimate of drug-likeness (QED) is 0.778. The minimum Gasteiger partial charge on any atom is -0.476 e. The molecule has 1 fully saturated rings. The summed E-state index contributed by atoms with van der Waals surface area (Å²) in [6.07, 6.45) is 3.49. The Morgan fingerprint density at radius 3 is 2.88 bits per heavy atom. The van der Waals surface area contributed by atoms with Gasteiger partial charge in [-0.3, -0.25) is 0 Å². The first-order chi connectivity index (χ1) is 7.70. The molecule has 0 saturated carbocycles. The van der Waals surface area contributed by atoms with E-state index in [0.717, 1.165) is 13.0 Å². The Bertz CT molecular complexity index is 437. The lowest BCUT2D eigenvalue weighted by atomic mass is 10.1. The molecule has 1 atom stereocenters. The number of hydrogen-bond acceptors (Lipinski definition) is 5. The van der Waals surface area contributed by atoms with Crippen molar-refractivity contribution in [1.29, 1.82) is 5.26 Å². The zero-order valence-corrected chi connectivity index (χ0v) is 8.50. The van der Waals surface area contributed by atoms with Gasteiger partial charge in [0.2, 0.25) is 0 Å². The van der Waals surface area contributed by atoms with E-state index in [-0.39, 0.29) is 11.6 Å². The number of nitriles is 1. The Balaban J connectivity index is 2.11.